The Labute approximate surface area is 159 Å². The van der Waals surface area contributed by atoms with Crippen molar-refractivity contribution in [1.82, 2.24) is 15.2 Å². The molecule has 0 unspecified atom stereocenters. The zero-order valence-corrected chi connectivity index (χ0v) is 15.7. The predicted octanol–water partition coefficient (Wildman–Crippen LogP) is 1.83. The van der Waals surface area contributed by atoms with Crippen LogP contribution in [0.2, 0.25) is 0 Å². The van der Waals surface area contributed by atoms with Crippen molar-refractivity contribution in [3.05, 3.63) is 36.0 Å². The first-order valence-electron chi connectivity index (χ1n) is 10.0. The van der Waals surface area contributed by atoms with E-state index in [1.165, 1.54) is 10.9 Å². The molecule has 0 bridgehead atoms. The summed E-state index contributed by atoms with van der Waals surface area (Å²) in [5.74, 6) is 0.146. The highest BCUT2D eigenvalue weighted by molar-refractivity contribution is 5.83. The van der Waals surface area contributed by atoms with Crippen LogP contribution in [0.25, 0.3) is 10.9 Å². The van der Waals surface area contributed by atoms with E-state index >= 15 is 0 Å². The minimum Gasteiger partial charge on any atom is -0.396 e. The molecule has 3 heterocycles. The normalized spacial score (nSPS) is 25.6. The zero-order valence-electron chi connectivity index (χ0n) is 15.7. The van der Waals surface area contributed by atoms with Crippen LogP contribution in [-0.2, 0) is 16.0 Å². The van der Waals surface area contributed by atoms with Gasteiger partial charge in [-0.15, -0.1) is 0 Å². The zero-order chi connectivity index (χ0) is 18.6. The van der Waals surface area contributed by atoms with E-state index in [1.54, 1.807) is 0 Å². The molecule has 2 aliphatic heterocycles. The van der Waals surface area contributed by atoms with E-state index in [0.717, 1.165) is 37.9 Å². The fourth-order valence-electron chi connectivity index (χ4n) is 4.44. The van der Waals surface area contributed by atoms with E-state index in [2.05, 4.69) is 39.6 Å². The number of aromatic amines is 1. The van der Waals surface area contributed by atoms with E-state index in [4.69, 9.17) is 9.84 Å². The summed E-state index contributed by atoms with van der Waals surface area (Å²) in [4.78, 5) is 18.1. The number of nitrogens with one attached hydrogen (secondary N) is 2. The van der Waals surface area contributed by atoms with Crippen LogP contribution < -0.4 is 5.32 Å². The lowest BCUT2D eigenvalue weighted by molar-refractivity contribution is -0.121. The second kappa shape index (κ2) is 8.42. The Balaban J connectivity index is 1.21. The number of aromatic nitrogens is 1. The first-order valence-corrected chi connectivity index (χ1v) is 10.0. The predicted molar refractivity (Wildman–Crippen MR) is 105 cm³/mol. The second-order valence-electron chi connectivity index (χ2n) is 7.79. The Morgan fingerprint density at radius 1 is 1.33 bits per heavy atom. The second-order valence-corrected chi connectivity index (χ2v) is 7.79. The van der Waals surface area contributed by atoms with E-state index in [-0.39, 0.29) is 24.7 Å². The van der Waals surface area contributed by atoms with Gasteiger partial charge in [-0.2, -0.15) is 0 Å². The molecular formula is C21H29N3O3. The summed E-state index contributed by atoms with van der Waals surface area (Å²) in [6.07, 6.45) is 6.15. The lowest BCUT2D eigenvalue weighted by Crippen LogP contribution is -2.46. The lowest BCUT2D eigenvalue weighted by atomic mass is 10.1. The third-order valence-corrected chi connectivity index (χ3v) is 5.83. The van der Waals surface area contributed by atoms with Crippen LogP contribution in [0.15, 0.2) is 30.5 Å². The van der Waals surface area contributed by atoms with Crippen molar-refractivity contribution in [3.63, 3.8) is 0 Å². The summed E-state index contributed by atoms with van der Waals surface area (Å²) < 4.78 is 5.81. The quantitative estimate of drug-likeness (QED) is 0.694. The molecule has 2 aliphatic rings. The molecule has 3 N–H and O–H groups in total. The van der Waals surface area contributed by atoms with E-state index in [0.29, 0.717) is 25.5 Å². The van der Waals surface area contributed by atoms with E-state index in [1.807, 2.05) is 6.07 Å². The Bertz CT molecular complexity index is 775. The average Bonchev–Trinajstić information content (AvgIpc) is 3.25. The van der Waals surface area contributed by atoms with Crippen LogP contribution >= 0.6 is 0 Å². The van der Waals surface area contributed by atoms with Gasteiger partial charge in [-0.25, -0.2) is 0 Å². The number of carbonyl (C=O) groups is 1. The number of ether oxygens (including phenoxy) is 1. The van der Waals surface area contributed by atoms with Gasteiger partial charge in [0.25, 0.3) is 0 Å². The molecule has 27 heavy (non-hydrogen) atoms. The third-order valence-electron chi connectivity index (χ3n) is 5.83. The van der Waals surface area contributed by atoms with Gasteiger partial charge in [-0.05, 0) is 37.3 Å². The number of para-hydroxylation sites is 1. The number of aliphatic hydroxyl groups excluding tert-OH is 1. The van der Waals surface area contributed by atoms with Gasteiger partial charge in [0.1, 0.15) is 0 Å². The Morgan fingerprint density at radius 3 is 3.11 bits per heavy atom. The standard InChI is InChI=1S/C21H29N3O3/c25-9-8-18-13-24-12-16(10-17(24)14-27-18)23-21(26)7-3-4-15-11-22-20-6-2-1-5-19(15)20/h1-2,5-6,11,16-18,22,25H,3-4,7-10,12-14H2,(H,23,26)/t16-,17+,18+/m1/s1. The molecule has 4 rings (SSSR count). The average molecular weight is 371 g/mol. The fraction of sp³-hybridized carbons (Fsp3) is 0.571. The molecule has 6 nitrogen and oxygen atoms in total. The van der Waals surface area contributed by atoms with Gasteiger partial charge < -0.3 is 20.1 Å². The number of amides is 1. The van der Waals surface area contributed by atoms with Crippen LogP contribution in [0.4, 0.5) is 0 Å². The minimum absolute atomic E-state index is 0.122. The number of carbonyl (C=O) groups excluding carboxylic acids is 1. The molecule has 0 radical (unpaired) electrons. The molecule has 6 heteroatoms. The van der Waals surface area contributed by atoms with E-state index in [9.17, 15) is 4.79 Å². The summed E-state index contributed by atoms with van der Waals surface area (Å²) in [6, 6.07) is 8.90. The Kier molecular flexibility index (Phi) is 5.76. The van der Waals surface area contributed by atoms with Crippen molar-refractivity contribution in [2.75, 3.05) is 26.3 Å². The number of fused-ring (bicyclic) bond motifs is 2. The number of morpholine rings is 1. The van der Waals surface area contributed by atoms with Gasteiger partial charge in [0.05, 0.1) is 12.7 Å². The van der Waals surface area contributed by atoms with Crippen LogP contribution in [-0.4, -0.2) is 65.4 Å². The summed E-state index contributed by atoms with van der Waals surface area (Å²) in [7, 11) is 0. The minimum atomic E-state index is 0.122. The van der Waals surface area contributed by atoms with Gasteiger partial charge in [0.15, 0.2) is 0 Å². The number of benzene rings is 1. The fourth-order valence-corrected chi connectivity index (χ4v) is 4.44. The maximum atomic E-state index is 12.4. The summed E-state index contributed by atoms with van der Waals surface area (Å²) in [6.45, 7) is 2.62. The largest absolute Gasteiger partial charge is 0.396 e. The number of H-pyrrole nitrogens is 1. The number of hydrogen-bond acceptors (Lipinski definition) is 4. The smallest absolute Gasteiger partial charge is 0.220 e. The molecule has 1 aromatic carbocycles. The highest BCUT2D eigenvalue weighted by Crippen LogP contribution is 2.24. The number of aryl methyl sites for hydroxylation is 1. The van der Waals surface area contributed by atoms with E-state index < -0.39 is 0 Å². The maximum absolute atomic E-state index is 12.4. The monoisotopic (exact) mass is 371 g/mol. The topological polar surface area (TPSA) is 77.6 Å². The van der Waals surface area contributed by atoms with Crippen LogP contribution in [0.3, 0.4) is 0 Å². The molecule has 2 fully saturated rings. The Morgan fingerprint density at radius 2 is 2.22 bits per heavy atom. The number of aliphatic hydroxyl groups is 1. The van der Waals surface area contributed by atoms with Crippen molar-refractivity contribution in [2.45, 2.75) is 50.3 Å². The van der Waals surface area contributed by atoms with Crippen LogP contribution in [0.5, 0.6) is 0 Å². The third kappa shape index (κ3) is 4.34. The molecular weight excluding hydrogens is 342 g/mol. The summed E-state index contributed by atoms with van der Waals surface area (Å²) >= 11 is 0. The number of hydrogen-bond donors (Lipinski definition) is 3. The van der Waals surface area contributed by atoms with Crippen LogP contribution in [0, 0.1) is 0 Å². The molecule has 0 spiro atoms. The van der Waals surface area contributed by atoms with Crippen LogP contribution in [0.1, 0.15) is 31.2 Å². The molecule has 1 amide bonds. The number of rotatable bonds is 7. The molecule has 2 saturated heterocycles. The first kappa shape index (κ1) is 18.5. The van der Waals surface area contributed by atoms with Crippen molar-refractivity contribution in [3.8, 4) is 0 Å². The maximum Gasteiger partial charge on any atom is 0.220 e. The summed E-state index contributed by atoms with van der Waals surface area (Å²) in [5.41, 5.74) is 2.43. The number of nitrogens with zero attached hydrogens (tertiary/aromatic N) is 1. The molecule has 1 aromatic heterocycles. The van der Waals surface area contributed by atoms with Crippen molar-refractivity contribution in [2.24, 2.45) is 0 Å². The molecule has 146 valence electrons. The van der Waals surface area contributed by atoms with Gasteiger partial charge >= 0.3 is 0 Å². The van der Waals surface area contributed by atoms with Gasteiger partial charge in [-0.3, -0.25) is 9.69 Å². The van der Waals surface area contributed by atoms with Crippen molar-refractivity contribution >= 4 is 16.8 Å². The molecule has 0 saturated carbocycles. The molecule has 2 aromatic rings. The molecule has 3 atom stereocenters. The highest BCUT2D eigenvalue weighted by atomic mass is 16.5. The van der Waals surface area contributed by atoms with Gasteiger partial charge in [0.2, 0.25) is 5.91 Å². The van der Waals surface area contributed by atoms with Crippen molar-refractivity contribution in [1.29, 1.82) is 0 Å². The summed E-state index contributed by atoms with van der Waals surface area (Å²) in [5, 5.41) is 13.5. The van der Waals surface area contributed by atoms with Gasteiger partial charge in [-0.1, -0.05) is 18.2 Å². The molecule has 0 aliphatic carbocycles. The first-order chi connectivity index (χ1) is 13.2. The van der Waals surface area contributed by atoms with Gasteiger partial charge in [0, 0.05) is 55.3 Å². The SMILES string of the molecule is O=C(CCCc1c[nH]c2ccccc12)N[C@@H]1C[C@H]2CO[C@@H](CCO)CN2C1. The Hall–Kier alpha value is -1.89. The highest BCUT2D eigenvalue weighted by Gasteiger charge is 2.37. The lowest BCUT2D eigenvalue weighted by Gasteiger charge is -2.34. The van der Waals surface area contributed by atoms with Crippen molar-refractivity contribution < 1.29 is 14.6 Å².